The van der Waals surface area contributed by atoms with Crippen LogP contribution in [0.3, 0.4) is 0 Å². The largest absolute Gasteiger partial charge is 0.313 e. The molecule has 3 heteroatoms. The van der Waals surface area contributed by atoms with Crippen molar-refractivity contribution in [1.29, 1.82) is 0 Å². The average molecular weight is 269 g/mol. The van der Waals surface area contributed by atoms with E-state index in [1.165, 1.54) is 29.5 Å². The summed E-state index contributed by atoms with van der Waals surface area (Å²) in [4.78, 5) is 0. The van der Waals surface area contributed by atoms with Gasteiger partial charge in [0.05, 0.1) is 6.20 Å². The molecule has 0 spiro atoms. The highest BCUT2D eigenvalue weighted by molar-refractivity contribution is 5.26. The molecule has 0 radical (unpaired) electrons. The maximum absolute atomic E-state index is 4.28. The van der Waals surface area contributed by atoms with Crippen molar-refractivity contribution in [3.8, 4) is 0 Å². The van der Waals surface area contributed by atoms with Crippen molar-refractivity contribution >= 4 is 0 Å². The highest BCUT2D eigenvalue weighted by Gasteiger charge is 2.22. The summed E-state index contributed by atoms with van der Waals surface area (Å²) in [5.74, 6) is 0.528. The summed E-state index contributed by atoms with van der Waals surface area (Å²) < 4.78 is 1.88. The van der Waals surface area contributed by atoms with Gasteiger partial charge < -0.3 is 5.32 Å². The van der Waals surface area contributed by atoms with Gasteiger partial charge in [0.2, 0.25) is 0 Å². The molecule has 0 amide bonds. The van der Waals surface area contributed by atoms with Gasteiger partial charge in [-0.15, -0.1) is 0 Å². The van der Waals surface area contributed by atoms with Crippen LogP contribution in [0.2, 0.25) is 0 Å². The lowest BCUT2D eigenvalue weighted by Gasteiger charge is -2.18. The van der Waals surface area contributed by atoms with Gasteiger partial charge in [0.15, 0.2) is 0 Å². The molecule has 20 heavy (non-hydrogen) atoms. The Labute approximate surface area is 121 Å². The fraction of sp³-hybridized carbons (Fsp3) is 0.471. The first kappa shape index (κ1) is 13.4. The van der Waals surface area contributed by atoms with Crippen LogP contribution in [0.5, 0.6) is 0 Å². The molecular formula is C17H23N3. The first-order valence-electron chi connectivity index (χ1n) is 7.48. The van der Waals surface area contributed by atoms with E-state index in [4.69, 9.17) is 0 Å². The summed E-state index contributed by atoms with van der Waals surface area (Å²) in [7, 11) is 1.98. The Bertz CT molecular complexity index is 552. The Morgan fingerprint density at radius 3 is 2.65 bits per heavy atom. The Hall–Kier alpha value is -1.61. The lowest BCUT2D eigenvalue weighted by Crippen LogP contribution is -2.24. The van der Waals surface area contributed by atoms with Gasteiger partial charge >= 0.3 is 0 Å². The molecule has 1 unspecified atom stereocenters. The van der Waals surface area contributed by atoms with Gasteiger partial charge in [0.25, 0.3) is 0 Å². The first-order valence-corrected chi connectivity index (χ1v) is 7.48. The van der Waals surface area contributed by atoms with Crippen LogP contribution >= 0.6 is 0 Å². The molecule has 1 fully saturated rings. The maximum Gasteiger partial charge on any atom is 0.0521 e. The van der Waals surface area contributed by atoms with Gasteiger partial charge in [0.1, 0.15) is 0 Å². The number of rotatable bonds is 6. The minimum atomic E-state index is 0.528. The van der Waals surface area contributed by atoms with E-state index in [1.807, 2.05) is 17.9 Å². The summed E-state index contributed by atoms with van der Waals surface area (Å²) in [5.41, 5.74) is 4.06. The van der Waals surface area contributed by atoms with E-state index in [1.54, 1.807) is 0 Å². The zero-order chi connectivity index (χ0) is 13.9. The van der Waals surface area contributed by atoms with Crippen molar-refractivity contribution in [2.24, 2.45) is 7.05 Å². The van der Waals surface area contributed by atoms with Gasteiger partial charge in [-0.1, -0.05) is 29.8 Å². The van der Waals surface area contributed by atoms with Crippen molar-refractivity contribution in [2.75, 3.05) is 6.54 Å². The van der Waals surface area contributed by atoms with E-state index in [-0.39, 0.29) is 0 Å². The predicted octanol–water partition coefficient (Wildman–Crippen LogP) is 2.81. The fourth-order valence-corrected chi connectivity index (χ4v) is 2.60. The van der Waals surface area contributed by atoms with Crippen molar-refractivity contribution in [3.05, 3.63) is 53.3 Å². The Balaban J connectivity index is 1.73. The van der Waals surface area contributed by atoms with Crippen molar-refractivity contribution < 1.29 is 0 Å². The van der Waals surface area contributed by atoms with Crippen LogP contribution in [0, 0.1) is 6.92 Å². The maximum atomic E-state index is 4.28. The fourth-order valence-electron chi connectivity index (χ4n) is 2.60. The number of hydrogen-bond donors (Lipinski definition) is 1. The van der Waals surface area contributed by atoms with Crippen LogP contribution in [0.25, 0.3) is 0 Å². The topological polar surface area (TPSA) is 29.9 Å². The molecule has 106 valence electrons. The van der Waals surface area contributed by atoms with E-state index < -0.39 is 0 Å². The van der Waals surface area contributed by atoms with Gasteiger partial charge in [-0.2, -0.15) is 5.10 Å². The zero-order valence-corrected chi connectivity index (χ0v) is 12.3. The van der Waals surface area contributed by atoms with Gasteiger partial charge in [-0.05, 0) is 37.3 Å². The number of nitrogens with zero attached hydrogens (tertiary/aromatic N) is 2. The molecule has 0 bridgehead atoms. The average Bonchev–Trinajstić information content (AvgIpc) is 3.18. The third kappa shape index (κ3) is 3.48. The van der Waals surface area contributed by atoms with E-state index >= 15 is 0 Å². The summed E-state index contributed by atoms with van der Waals surface area (Å²) >= 11 is 0. The van der Waals surface area contributed by atoms with E-state index in [9.17, 15) is 0 Å². The van der Waals surface area contributed by atoms with Crippen molar-refractivity contribution in [1.82, 2.24) is 15.1 Å². The molecule has 1 aromatic heterocycles. The standard InChI is InChI=1S/C17H23N3/c1-13-3-5-15(6-4-13)16(11-18-17-7-8-17)9-14-10-19-20(2)12-14/h3-6,10,12,16-18H,7-9,11H2,1-2H3. The molecule has 1 aromatic carbocycles. The second kappa shape index (κ2) is 5.80. The summed E-state index contributed by atoms with van der Waals surface area (Å²) in [5, 5.41) is 7.95. The molecule has 1 heterocycles. The third-order valence-corrected chi connectivity index (χ3v) is 4.02. The van der Waals surface area contributed by atoms with Crippen LogP contribution in [0.1, 0.15) is 35.4 Å². The molecule has 1 atom stereocenters. The second-order valence-corrected chi connectivity index (χ2v) is 6.02. The first-order chi connectivity index (χ1) is 9.70. The molecular weight excluding hydrogens is 246 g/mol. The number of aromatic nitrogens is 2. The van der Waals surface area contributed by atoms with Gasteiger partial charge in [0, 0.05) is 31.7 Å². The Morgan fingerprint density at radius 2 is 2.05 bits per heavy atom. The summed E-state index contributed by atoms with van der Waals surface area (Å²) in [6, 6.07) is 9.72. The number of nitrogens with one attached hydrogen (secondary N) is 1. The number of hydrogen-bond acceptors (Lipinski definition) is 2. The lowest BCUT2D eigenvalue weighted by molar-refractivity contribution is 0.577. The number of aryl methyl sites for hydroxylation is 2. The SMILES string of the molecule is Cc1ccc(C(CNC2CC2)Cc2cnn(C)c2)cc1. The van der Waals surface area contributed by atoms with E-state index in [0.29, 0.717) is 5.92 Å². The zero-order valence-electron chi connectivity index (χ0n) is 12.3. The molecule has 1 aliphatic carbocycles. The molecule has 3 nitrogen and oxygen atoms in total. The molecule has 0 aliphatic heterocycles. The van der Waals surface area contributed by atoms with Crippen LogP contribution in [0.4, 0.5) is 0 Å². The van der Waals surface area contributed by atoms with Crippen molar-refractivity contribution in [2.45, 2.75) is 38.1 Å². The summed E-state index contributed by atoms with van der Waals surface area (Å²) in [6.45, 7) is 3.20. The van der Waals surface area contributed by atoms with Crippen LogP contribution in [-0.2, 0) is 13.5 Å². The molecule has 0 saturated heterocycles. The highest BCUT2D eigenvalue weighted by Crippen LogP contribution is 2.24. The Morgan fingerprint density at radius 1 is 1.30 bits per heavy atom. The summed E-state index contributed by atoms with van der Waals surface area (Å²) in [6.07, 6.45) is 7.84. The minimum absolute atomic E-state index is 0.528. The normalized spacial score (nSPS) is 16.3. The monoisotopic (exact) mass is 269 g/mol. The van der Waals surface area contributed by atoms with E-state index in [2.05, 4.69) is 47.8 Å². The molecule has 1 N–H and O–H groups in total. The lowest BCUT2D eigenvalue weighted by atomic mass is 9.92. The van der Waals surface area contributed by atoms with E-state index in [0.717, 1.165) is 19.0 Å². The molecule has 2 aromatic rings. The van der Waals surface area contributed by atoms with Crippen LogP contribution < -0.4 is 5.32 Å². The number of benzene rings is 1. The quantitative estimate of drug-likeness (QED) is 0.874. The minimum Gasteiger partial charge on any atom is -0.313 e. The van der Waals surface area contributed by atoms with Gasteiger partial charge in [-0.25, -0.2) is 0 Å². The second-order valence-electron chi connectivity index (χ2n) is 6.02. The molecule has 3 rings (SSSR count). The highest BCUT2D eigenvalue weighted by atomic mass is 15.2. The van der Waals surface area contributed by atoms with Crippen LogP contribution in [0.15, 0.2) is 36.7 Å². The van der Waals surface area contributed by atoms with Crippen molar-refractivity contribution in [3.63, 3.8) is 0 Å². The smallest absolute Gasteiger partial charge is 0.0521 e. The van der Waals surface area contributed by atoms with Gasteiger partial charge in [-0.3, -0.25) is 4.68 Å². The Kier molecular flexibility index (Phi) is 3.88. The van der Waals surface area contributed by atoms with Crippen LogP contribution in [-0.4, -0.2) is 22.4 Å². The molecule has 1 saturated carbocycles. The predicted molar refractivity (Wildman–Crippen MR) is 81.9 cm³/mol. The molecule has 1 aliphatic rings. The third-order valence-electron chi connectivity index (χ3n) is 4.02.